The molecular formula is C21H19F3N2O2. The number of hydrogen-bond acceptors (Lipinski definition) is 3. The number of amides is 1. The lowest BCUT2D eigenvalue weighted by atomic mass is 10.0. The van der Waals surface area contributed by atoms with Crippen LogP contribution in [0.4, 0.5) is 13.2 Å². The fraction of sp³-hybridized carbons (Fsp3) is 0.333. The number of nitrogens with zero attached hydrogens (tertiary/aromatic N) is 2. The Kier molecular flexibility index (Phi) is 5.07. The van der Waals surface area contributed by atoms with Gasteiger partial charge >= 0.3 is 0 Å². The molecule has 1 aliphatic carbocycles. The van der Waals surface area contributed by atoms with Crippen molar-refractivity contribution in [1.29, 1.82) is 0 Å². The van der Waals surface area contributed by atoms with E-state index >= 15 is 0 Å². The van der Waals surface area contributed by atoms with Crippen LogP contribution in [0.25, 0.3) is 0 Å². The molecule has 1 heterocycles. The first-order valence-corrected chi connectivity index (χ1v) is 9.21. The molecule has 0 saturated heterocycles. The summed E-state index contributed by atoms with van der Waals surface area (Å²) in [6.07, 6.45) is 1.74. The second-order valence-corrected chi connectivity index (χ2v) is 7.21. The lowest BCUT2D eigenvalue weighted by Crippen LogP contribution is -2.38. The molecule has 0 spiro atoms. The summed E-state index contributed by atoms with van der Waals surface area (Å²) in [5.74, 6) is -1.76. The molecule has 4 nitrogen and oxygen atoms in total. The minimum absolute atomic E-state index is 0.0394. The van der Waals surface area contributed by atoms with Crippen molar-refractivity contribution in [3.63, 3.8) is 0 Å². The smallest absolute Gasteiger partial charge is 0.226 e. The van der Waals surface area contributed by atoms with Crippen molar-refractivity contribution in [1.82, 2.24) is 4.90 Å². The van der Waals surface area contributed by atoms with E-state index in [9.17, 15) is 18.0 Å². The van der Waals surface area contributed by atoms with Crippen LogP contribution in [0.1, 0.15) is 30.4 Å². The number of carbonyl (C=O) groups excluding carboxylic acids is 1. The molecular weight excluding hydrogens is 369 g/mol. The fourth-order valence-corrected chi connectivity index (χ4v) is 3.26. The highest BCUT2D eigenvalue weighted by atomic mass is 19.1. The van der Waals surface area contributed by atoms with Crippen LogP contribution in [0, 0.1) is 23.4 Å². The molecule has 4 rings (SSSR count). The van der Waals surface area contributed by atoms with E-state index in [1.807, 2.05) is 0 Å². The molecule has 146 valence electrons. The van der Waals surface area contributed by atoms with Gasteiger partial charge in [0.2, 0.25) is 5.91 Å². The van der Waals surface area contributed by atoms with Crippen LogP contribution in [-0.2, 0) is 16.2 Å². The van der Waals surface area contributed by atoms with Gasteiger partial charge in [0.1, 0.15) is 17.5 Å². The SMILES string of the molecule is O=C(C1CC1)N(Cc1ccc(F)cc1F)C[C@@H]1CC(c2ccc(F)cc2)=NO1. The van der Waals surface area contributed by atoms with Crippen molar-refractivity contribution in [3.05, 3.63) is 71.0 Å². The van der Waals surface area contributed by atoms with E-state index in [4.69, 9.17) is 4.84 Å². The Bertz CT molecular complexity index is 910. The highest BCUT2D eigenvalue weighted by Gasteiger charge is 2.36. The first-order valence-electron chi connectivity index (χ1n) is 9.21. The summed E-state index contributed by atoms with van der Waals surface area (Å²) in [5.41, 5.74) is 1.69. The zero-order chi connectivity index (χ0) is 19.7. The van der Waals surface area contributed by atoms with Gasteiger partial charge in [-0.3, -0.25) is 4.79 Å². The van der Waals surface area contributed by atoms with E-state index in [0.717, 1.165) is 24.5 Å². The van der Waals surface area contributed by atoms with E-state index in [1.165, 1.54) is 24.3 Å². The Morgan fingerprint density at radius 2 is 1.79 bits per heavy atom. The minimum atomic E-state index is -0.677. The number of oxime groups is 1. The molecule has 1 amide bonds. The number of hydrogen-bond donors (Lipinski definition) is 0. The molecule has 28 heavy (non-hydrogen) atoms. The van der Waals surface area contributed by atoms with Gasteiger partial charge in [-0.05, 0) is 36.6 Å². The topological polar surface area (TPSA) is 41.9 Å². The van der Waals surface area contributed by atoms with Crippen molar-refractivity contribution in [3.8, 4) is 0 Å². The maximum Gasteiger partial charge on any atom is 0.226 e. The van der Waals surface area contributed by atoms with E-state index in [-0.39, 0.29) is 42.4 Å². The first kappa shape index (κ1) is 18.5. The molecule has 2 aromatic carbocycles. The average Bonchev–Trinajstić information content (AvgIpc) is 3.42. The molecule has 0 bridgehead atoms. The third kappa shape index (κ3) is 4.18. The van der Waals surface area contributed by atoms with Crippen LogP contribution >= 0.6 is 0 Å². The van der Waals surface area contributed by atoms with E-state index < -0.39 is 11.6 Å². The summed E-state index contributed by atoms with van der Waals surface area (Å²) in [4.78, 5) is 19.7. The van der Waals surface area contributed by atoms with Gasteiger partial charge < -0.3 is 9.74 Å². The Morgan fingerprint density at radius 1 is 1.07 bits per heavy atom. The van der Waals surface area contributed by atoms with E-state index in [0.29, 0.717) is 12.1 Å². The molecule has 0 radical (unpaired) electrons. The predicted octanol–water partition coefficient (Wildman–Crippen LogP) is 4.04. The van der Waals surface area contributed by atoms with Crippen molar-refractivity contribution in [2.24, 2.45) is 11.1 Å². The summed E-state index contributed by atoms with van der Waals surface area (Å²) in [6.45, 7) is 0.299. The third-order valence-corrected chi connectivity index (χ3v) is 4.95. The molecule has 2 aromatic rings. The maximum atomic E-state index is 14.1. The van der Waals surface area contributed by atoms with Crippen molar-refractivity contribution >= 4 is 11.6 Å². The monoisotopic (exact) mass is 388 g/mol. The van der Waals surface area contributed by atoms with E-state index in [2.05, 4.69) is 5.16 Å². The largest absolute Gasteiger partial charge is 0.390 e. The Labute approximate surface area is 160 Å². The normalized spacial score (nSPS) is 18.5. The number of carbonyl (C=O) groups is 1. The molecule has 0 N–H and O–H groups in total. The highest BCUT2D eigenvalue weighted by Crippen LogP contribution is 2.32. The van der Waals surface area contributed by atoms with Crippen LogP contribution in [0.3, 0.4) is 0 Å². The molecule has 1 saturated carbocycles. The highest BCUT2D eigenvalue weighted by molar-refractivity contribution is 6.01. The van der Waals surface area contributed by atoms with Crippen LogP contribution < -0.4 is 0 Å². The van der Waals surface area contributed by atoms with Crippen molar-refractivity contribution in [2.45, 2.75) is 31.9 Å². The average molecular weight is 388 g/mol. The summed E-state index contributed by atoms with van der Waals surface area (Å²) >= 11 is 0. The standard InChI is InChI=1S/C21H19F3N2O2/c22-16-6-3-13(4-7-16)20-10-18(28-25-20)12-26(21(27)14-1-2-14)11-15-5-8-17(23)9-19(15)24/h3-9,14,18H,1-2,10-12H2/t18-/m0/s1. The Hall–Kier alpha value is -2.83. The summed E-state index contributed by atoms with van der Waals surface area (Å²) in [5, 5.41) is 4.06. The second kappa shape index (κ2) is 7.66. The molecule has 0 aromatic heterocycles. The molecule has 0 unspecified atom stereocenters. The second-order valence-electron chi connectivity index (χ2n) is 7.21. The molecule has 1 fully saturated rings. The molecule has 1 aliphatic heterocycles. The molecule has 1 atom stereocenters. The van der Waals surface area contributed by atoms with Gasteiger partial charge in [-0.2, -0.15) is 0 Å². The van der Waals surface area contributed by atoms with E-state index in [1.54, 1.807) is 17.0 Å². The van der Waals surface area contributed by atoms with Crippen LogP contribution in [0.5, 0.6) is 0 Å². The van der Waals surface area contributed by atoms with Crippen molar-refractivity contribution in [2.75, 3.05) is 6.54 Å². The zero-order valence-electron chi connectivity index (χ0n) is 15.1. The zero-order valence-corrected chi connectivity index (χ0v) is 15.1. The van der Waals surface area contributed by atoms with Gasteiger partial charge in [0.05, 0.1) is 12.3 Å². The minimum Gasteiger partial charge on any atom is -0.390 e. The lowest BCUT2D eigenvalue weighted by Gasteiger charge is -2.25. The molecule has 2 aliphatic rings. The Balaban J connectivity index is 1.44. The van der Waals surface area contributed by atoms with Crippen LogP contribution in [0.2, 0.25) is 0 Å². The van der Waals surface area contributed by atoms with Crippen LogP contribution in [-0.4, -0.2) is 29.2 Å². The van der Waals surface area contributed by atoms with Gasteiger partial charge in [0, 0.05) is 30.5 Å². The number of rotatable bonds is 6. The predicted molar refractivity (Wildman–Crippen MR) is 96.9 cm³/mol. The maximum absolute atomic E-state index is 14.1. The quantitative estimate of drug-likeness (QED) is 0.750. The number of halogens is 3. The van der Waals surface area contributed by atoms with Gasteiger partial charge in [-0.15, -0.1) is 0 Å². The number of benzene rings is 2. The Morgan fingerprint density at radius 3 is 2.46 bits per heavy atom. The fourth-order valence-electron chi connectivity index (χ4n) is 3.26. The van der Waals surface area contributed by atoms with Gasteiger partial charge in [-0.25, -0.2) is 13.2 Å². The van der Waals surface area contributed by atoms with Crippen molar-refractivity contribution < 1.29 is 22.8 Å². The van der Waals surface area contributed by atoms with Gasteiger partial charge in [-0.1, -0.05) is 23.4 Å². The van der Waals surface area contributed by atoms with Crippen LogP contribution in [0.15, 0.2) is 47.6 Å². The van der Waals surface area contributed by atoms with Gasteiger partial charge in [0.25, 0.3) is 0 Å². The first-order chi connectivity index (χ1) is 13.5. The molecule has 7 heteroatoms. The summed E-state index contributed by atoms with van der Waals surface area (Å²) in [6, 6.07) is 9.31. The lowest BCUT2D eigenvalue weighted by molar-refractivity contribution is -0.135. The summed E-state index contributed by atoms with van der Waals surface area (Å²) in [7, 11) is 0. The summed E-state index contributed by atoms with van der Waals surface area (Å²) < 4.78 is 40.3. The third-order valence-electron chi connectivity index (χ3n) is 4.95. The van der Waals surface area contributed by atoms with Gasteiger partial charge in [0.15, 0.2) is 6.10 Å².